The van der Waals surface area contributed by atoms with E-state index in [4.69, 9.17) is 16.6 Å². The lowest BCUT2D eigenvalue weighted by Gasteiger charge is -2.25. The van der Waals surface area contributed by atoms with Crippen LogP contribution in [0.25, 0.3) is 0 Å². The summed E-state index contributed by atoms with van der Waals surface area (Å²) in [7, 11) is 0. The summed E-state index contributed by atoms with van der Waals surface area (Å²) in [5, 5.41) is 15.2. The number of aromatic nitrogens is 1. The number of aryl methyl sites for hydroxylation is 2. The van der Waals surface area contributed by atoms with E-state index in [1.807, 2.05) is 0 Å². The monoisotopic (exact) mass is 570 g/mol. The van der Waals surface area contributed by atoms with Gasteiger partial charge in [0.2, 0.25) is 0 Å². The predicted octanol–water partition coefficient (Wildman–Crippen LogP) is 5.47. The standard InChI is InChI=1S/C30H33ClF2N4O3/c31-27-24(7-3-8-25(27)33)29(38)36-26(30(39)40)15-18-37(19-20-9-12-22(32)13-10-20)17-2-1-6-23-14-11-21-5-4-16-34-28(21)35-23/h3,7-14,26H,1-2,4-6,15-19H2,(H,34,35)(H,36,38)(H,39,40). The number of benzene rings is 2. The van der Waals surface area contributed by atoms with Crippen molar-refractivity contribution in [2.75, 3.05) is 25.0 Å². The molecule has 1 aromatic heterocycles. The largest absolute Gasteiger partial charge is 0.480 e. The summed E-state index contributed by atoms with van der Waals surface area (Å²) in [6, 6.07) is 13.0. The van der Waals surface area contributed by atoms with E-state index < -0.39 is 23.7 Å². The summed E-state index contributed by atoms with van der Waals surface area (Å²) in [4.78, 5) is 31.4. The summed E-state index contributed by atoms with van der Waals surface area (Å²) in [6.45, 7) is 2.48. The van der Waals surface area contributed by atoms with Crippen LogP contribution in [-0.2, 0) is 24.2 Å². The van der Waals surface area contributed by atoms with Gasteiger partial charge in [0, 0.05) is 25.3 Å². The minimum absolute atomic E-state index is 0.118. The second kappa shape index (κ2) is 14.2. The highest BCUT2D eigenvalue weighted by molar-refractivity contribution is 6.34. The second-order valence-electron chi connectivity index (χ2n) is 9.95. The Hall–Kier alpha value is -3.56. The molecular weight excluding hydrogens is 538 g/mol. The maximum absolute atomic E-state index is 13.8. The van der Waals surface area contributed by atoms with Crippen LogP contribution in [0, 0.1) is 11.6 Å². The number of amides is 1. The van der Waals surface area contributed by atoms with Gasteiger partial charge in [-0.1, -0.05) is 35.9 Å². The van der Waals surface area contributed by atoms with Crippen molar-refractivity contribution in [2.45, 2.75) is 51.1 Å². The lowest BCUT2D eigenvalue weighted by atomic mass is 10.1. The molecule has 0 fully saturated rings. The Morgan fingerprint density at radius 3 is 2.65 bits per heavy atom. The van der Waals surface area contributed by atoms with Gasteiger partial charge in [-0.15, -0.1) is 0 Å². The number of hydrogen-bond donors (Lipinski definition) is 3. The number of halogens is 3. The van der Waals surface area contributed by atoms with Crippen molar-refractivity contribution in [2.24, 2.45) is 0 Å². The lowest BCUT2D eigenvalue weighted by molar-refractivity contribution is -0.139. The topological polar surface area (TPSA) is 94.6 Å². The Morgan fingerprint density at radius 2 is 1.88 bits per heavy atom. The number of anilines is 1. The lowest BCUT2D eigenvalue weighted by Crippen LogP contribution is -2.43. The zero-order valence-corrected chi connectivity index (χ0v) is 22.9. The van der Waals surface area contributed by atoms with Gasteiger partial charge >= 0.3 is 5.97 Å². The van der Waals surface area contributed by atoms with Crippen LogP contribution in [0.15, 0.2) is 54.6 Å². The fourth-order valence-corrected chi connectivity index (χ4v) is 4.96. The highest BCUT2D eigenvalue weighted by Crippen LogP contribution is 2.21. The number of rotatable bonds is 13. The summed E-state index contributed by atoms with van der Waals surface area (Å²) >= 11 is 5.90. The highest BCUT2D eigenvalue weighted by atomic mass is 35.5. The quantitative estimate of drug-likeness (QED) is 0.236. The van der Waals surface area contributed by atoms with Crippen LogP contribution in [0.2, 0.25) is 5.02 Å². The van der Waals surface area contributed by atoms with E-state index >= 15 is 0 Å². The average molecular weight is 571 g/mol. The van der Waals surface area contributed by atoms with Crippen molar-refractivity contribution in [3.8, 4) is 0 Å². The Morgan fingerprint density at radius 1 is 1.07 bits per heavy atom. The van der Waals surface area contributed by atoms with Crippen LogP contribution in [0.5, 0.6) is 0 Å². The summed E-state index contributed by atoms with van der Waals surface area (Å²) < 4.78 is 27.2. The fourth-order valence-electron chi connectivity index (χ4n) is 4.75. The Balaban J connectivity index is 1.35. The molecule has 10 heteroatoms. The number of hydrogen-bond acceptors (Lipinski definition) is 5. The number of nitrogens with one attached hydrogen (secondary N) is 2. The van der Waals surface area contributed by atoms with E-state index in [0.717, 1.165) is 61.8 Å². The molecule has 0 radical (unpaired) electrons. The first-order valence-electron chi connectivity index (χ1n) is 13.5. The van der Waals surface area contributed by atoms with Crippen LogP contribution in [0.1, 0.15) is 52.9 Å². The number of carboxylic acids is 1. The van der Waals surface area contributed by atoms with E-state index in [0.29, 0.717) is 19.6 Å². The first-order valence-corrected chi connectivity index (χ1v) is 13.8. The molecule has 1 amide bonds. The molecule has 1 aliphatic heterocycles. The van der Waals surface area contributed by atoms with Crippen molar-refractivity contribution < 1.29 is 23.5 Å². The van der Waals surface area contributed by atoms with E-state index in [-0.39, 0.29) is 22.8 Å². The van der Waals surface area contributed by atoms with Crippen LogP contribution in [-0.4, -0.2) is 52.5 Å². The maximum Gasteiger partial charge on any atom is 0.326 e. The molecular formula is C30H33ClF2N4O3. The third-order valence-electron chi connectivity index (χ3n) is 6.96. The molecule has 1 aliphatic rings. The number of carboxylic acid groups (broad SMARTS) is 1. The molecule has 212 valence electrons. The molecule has 4 rings (SSSR count). The first kappa shape index (κ1) is 29.4. The van der Waals surface area contributed by atoms with Gasteiger partial charge in [0.25, 0.3) is 5.91 Å². The molecule has 3 aromatic rings. The van der Waals surface area contributed by atoms with Gasteiger partial charge in [-0.25, -0.2) is 18.6 Å². The summed E-state index contributed by atoms with van der Waals surface area (Å²) in [5.74, 6) is -2.06. The van der Waals surface area contributed by atoms with Gasteiger partial charge in [0.15, 0.2) is 0 Å². The molecule has 40 heavy (non-hydrogen) atoms. The van der Waals surface area contributed by atoms with Gasteiger partial charge in [-0.3, -0.25) is 9.69 Å². The Kier molecular flexibility index (Phi) is 10.4. The van der Waals surface area contributed by atoms with Crippen LogP contribution in [0.4, 0.5) is 14.6 Å². The number of nitrogens with zero attached hydrogens (tertiary/aromatic N) is 2. The van der Waals surface area contributed by atoms with Crippen molar-refractivity contribution in [3.63, 3.8) is 0 Å². The molecule has 0 bridgehead atoms. The normalized spacial score (nSPS) is 13.4. The molecule has 0 aliphatic carbocycles. The first-order chi connectivity index (χ1) is 19.3. The zero-order valence-electron chi connectivity index (χ0n) is 22.1. The number of fused-ring (bicyclic) bond motifs is 1. The number of aliphatic carboxylic acids is 1. The van der Waals surface area contributed by atoms with E-state index in [2.05, 4.69) is 27.7 Å². The molecule has 0 spiro atoms. The van der Waals surface area contributed by atoms with Crippen LogP contribution >= 0.6 is 11.6 Å². The second-order valence-corrected chi connectivity index (χ2v) is 10.3. The smallest absolute Gasteiger partial charge is 0.326 e. The summed E-state index contributed by atoms with van der Waals surface area (Å²) in [6.07, 6.45) is 4.83. The molecule has 2 heterocycles. The van der Waals surface area contributed by atoms with Gasteiger partial charge in [-0.2, -0.15) is 0 Å². The van der Waals surface area contributed by atoms with E-state index in [1.54, 1.807) is 12.1 Å². The molecule has 3 N–H and O–H groups in total. The van der Waals surface area contributed by atoms with Crippen LogP contribution < -0.4 is 10.6 Å². The molecule has 0 saturated heterocycles. The number of carbonyl (C=O) groups is 2. The van der Waals surface area contributed by atoms with Crippen molar-refractivity contribution in [1.82, 2.24) is 15.2 Å². The molecule has 1 unspecified atom stereocenters. The number of pyridine rings is 1. The highest BCUT2D eigenvalue weighted by Gasteiger charge is 2.23. The van der Waals surface area contributed by atoms with Gasteiger partial charge in [-0.05, 0) is 86.5 Å². The minimum atomic E-state index is -1.20. The van der Waals surface area contributed by atoms with E-state index in [1.165, 1.54) is 29.8 Å². The van der Waals surface area contributed by atoms with Gasteiger partial charge in [0.05, 0.1) is 10.6 Å². The number of carbonyl (C=O) groups excluding carboxylic acids is 1. The predicted molar refractivity (Wildman–Crippen MR) is 151 cm³/mol. The third-order valence-corrected chi connectivity index (χ3v) is 7.35. The van der Waals surface area contributed by atoms with Gasteiger partial charge < -0.3 is 15.7 Å². The molecule has 1 atom stereocenters. The van der Waals surface area contributed by atoms with Crippen molar-refractivity contribution in [1.29, 1.82) is 0 Å². The van der Waals surface area contributed by atoms with Crippen molar-refractivity contribution >= 4 is 29.3 Å². The summed E-state index contributed by atoms with van der Waals surface area (Å²) in [5.41, 5.74) is 3.05. The SMILES string of the molecule is O=C(NC(CCN(CCCCc1ccc2c(n1)NCCC2)Cc1ccc(F)cc1)C(=O)O)c1cccc(F)c1Cl. The fraction of sp³-hybridized carbons (Fsp3) is 0.367. The molecule has 2 aromatic carbocycles. The van der Waals surface area contributed by atoms with E-state index in [9.17, 15) is 23.5 Å². The molecule has 7 nitrogen and oxygen atoms in total. The van der Waals surface area contributed by atoms with Crippen molar-refractivity contribution in [3.05, 3.63) is 93.6 Å². The Bertz CT molecular complexity index is 1320. The zero-order chi connectivity index (χ0) is 28.5. The average Bonchev–Trinajstić information content (AvgIpc) is 2.95. The minimum Gasteiger partial charge on any atom is -0.480 e. The Labute approximate surface area is 237 Å². The third kappa shape index (κ3) is 8.22. The molecule has 0 saturated carbocycles. The van der Waals surface area contributed by atoms with Gasteiger partial charge in [0.1, 0.15) is 23.5 Å². The number of unbranched alkanes of at least 4 members (excludes halogenated alkanes) is 1. The van der Waals surface area contributed by atoms with Crippen LogP contribution in [0.3, 0.4) is 0 Å². The maximum atomic E-state index is 13.8.